The third-order valence-electron chi connectivity index (χ3n) is 6.80. The van der Waals surface area contributed by atoms with Gasteiger partial charge in [-0.05, 0) is 60.7 Å². The molecule has 1 amide bonds. The van der Waals surface area contributed by atoms with E-state index in [-0.39, 0.29) is 11.9 Å². The summed E-state index contributed by atoms with van der Waals surface area (Å²) in [6, 6.07) is 17.8. The minimum Gasteiger partial charge on any atom is -0.348 e. The number of hydrogen-bond donors (Lipinski definition) is 1. The minimum atomic E-state index is -0.128. The zero-order valence-electron chi connectivity index (χ0n) is 20.2. The first-order valence-electron chi connectivity index (χ1n) is 12.4. The summed E-state index contributed by atoms with van der Waals surface area (Å²) in [5, 5.41) is 9.09. The zero-order chi connectivity index (χ0) is 25.1. The Kier molecular flexibility index (Phi) is 7.40. The number of hydrogen-bond acceptors (Lipinski definition) is 3. The van der Waals surface area contributed by atoms with Crippen molar-refractivity contribution >= 4 is 29.1 Å². The van der Waals surface area contributed by atoms with Crippen molar-refractivity contribution in [2.75, 3.05) is 0 Å². The summed E-state index contributed by atoms with van der Waals surface area (Å²) in [5.41, 5.74) is 6.02. The first-order chi connectivity index (χ1) is 17.5. The largest absolute Gasteiger partial charge is 0.348 e. The molecule has 5 rings (SSSR count). The first-order valence-corrected chi connectivity index (χ1v) is 13.2. The molecule has 7 heteroatoms. The normalized spacial score (nSPS) is 14.1. The van der Waals surface area contributed by atoms with Gasteiger partial charge >= 0.3 is 0 Å². The highest BCUT2D eigenvalue weighted by atomic mass is 35.5. The predicted molar refractivity (Wildman–Crippen MR) is 146 cm³/mol. The van der Waals surface area contributed by atoms with Crippen molar-refractivity contribution in [2.45, 2.75) is 51.5 Å². The van der Waals surface area contributed by atoms with E-state index in [2.05, 4.69) is 41.5 Å². The summed E-state index contributed by atoms with van der Waals surface area (Å²) in [7, 11) is 0. The molecule has 0 spiro atoms. The quantitative estimate of drug-likeness (QED) is 0.286. The number of nitrogens with one attached hydrogen (secondary N) is 1. The summed E-state index contributed by atoms with van der Waals surface area (Å²) in [6.07, 6.45) is 9.78. The Labute approximate surface area is 221 Å². The van der Waals surface area contributed by atoms with Crippen LogP contribution in [0.15, 0.2) is 67.0 Å². The standard InChI is InChI=1S/C29H28Cl2N4O/c1-2-24-27(29(36)33-23-6-4-3-5-7-23)34-35(26-13-12-22(30)18-25(26)31)28(24)21-10-8-19(9-11-21)20-14-16-32-17-15-20/h8-18,23H,2-7H2,1H3,(H,33,36). The molecule has 2 aromatic carbocycles. The summed E-state index contributed by atoms with van der Waals surface area (Å²) >= 11 is 12.8. The van der Waals surface area contributed by atoms with Gasteiger partial charge in [0, 0.05) is 34.6 Å². The highest BCUT2D eigenvalue weighted by molar-refractivity contribution is 6.35. The highest BCUT2D eigenvalue weighted by Crippen LogP contribution is 2.34. The molecule has 0 bridgehead atoms. The Balaban J connectivity index is 1.61. The number of rotatable bonds is 6. The fourth-order valence-corrected chi connectivity index (χ4v) is 5.45. The number of aromatic nitrogens is 3. The number of carbonyl (C=O) groups is 1. The van der Waals surface area contributed by atoms with Crippen molar-refractivity contribution in [3.63, 3.8) is 0 Å². The zero-order valence-corrected chi connectivity index (χ0v) is 21.7. The Morgan fingerprint density at radius 2 is 1.61 bits per heavy atom. The van der Waals surface area contributed by atoms with E-state index in [1.807, 2.05) is 18.2 Å². The Morgan fingerprint density at radius 1 is 0.944 bits per heavy atom. The van der Waals surface area contributed by atoms with Gasteiger partial charge in [0.2, 0.25) is 0 Å². The maximum atomic E-state index is 13.5. The van der Waals surface area contributed by atoms with E-state index in [0.717, 1.165) is 53.6 Å². The third-order valence-corrected chi connectivity index (χ3v) is 7.34. The lowest BCUT2D eigenvalue weighted by Crippen LogP contribution is -2.36. The molecular weight excluding hydrogens is 491 g/mol. The molecule has 36 heavy (non-hydrogen) atoms. The fourth-order valence-electron chi connectivity index (χ4n) is 4.96. The molecule has 0 radical (unpaired) electrons. The molecule has 1 fully saturated rings. The topological polar surface area (TPSA) is 59.8 Å². The van der Waals surface area contributed by atoms with Gasteiger partial charge in [-0.25, -0.2) is 4.68 Å². The highest BCUT2D eigenvalue weighted by Gasteiger charge is 2.26. The molecule has 0 saturated heterocycles. The molecule has 0 aliphatic heterocycles. The molecule has 1 N–H and O–H groups in total. The second kappa shape index (κ2) is 10.9. The average molecular weight is 519 g/mol. The van der Waals surface area contributed by atoms with Crippen molar-refractivity contribution in [1.82, 2.24) is 20.1 Å². The van der Waals surface area contributed by atoms with Crippen molar-refractivity contribution < 1.29 is 4.79 Å². The van der Waals surface area contributed by atoms with Crippen LogP contribution < -0.4 is 5.32 Å². The maximum absolute atomic E-state index is 13.5. The van der Waals surface area contributed by atoms with Crippen molar-refractivity contribution in [1.29, 1.82) is 0 Å². The van der Waals surface area contributed by atoms with Crippen LogP contribution in [0.4, 0.5) is 0 Å². The lowest BCUT2D eigenvalue weighted by Gasteiger charge is -2.22. The van der Waals surface area contributed by atoms with Crippen LogP contribution in [0.1, 0.15) is 55.1 Å². The lowest BCUT2D eigenvalue weighted by atomic mass is 9.95. The van der Waals surface area contributed by atoms with Crippen LogP contribution in [0.25, 0.3) is 28.1 Å². The molecular formula is C29H28Cl2N4O. The third kappa shape index (κ3) is 5.04. The Hall–Kier alpha value is -3.15. The van der Waals surface area contributed by atoms with Crippen LogP contribution in [0.5, 0.6) is 0 Å². The summed E-state index contributed by atoms with van der Waals surface area (Å²) < 4.78 is 1.79. The SMILES string of the molecule is CCc1c(C(=O)NC2CCCCC2)nn(-c2ccc(Cl)cc2Cl)c1-c1ccc(-c2ccncc2)cc1. The van der Waals surface area contributed by atoms with Gasteiger partial charge in [-0.1, -0.05) is 73.7 Å². The van der Waals surface area contributed by atoms with Gasteiger partial charge in [-0.2, -0.15) is 5.10 Å². The Bertz CT molecular complexity index is 1360. The molecule has 0 unspecified atom stereocenters. The van der Waals surface area contributed by atoms with Crippen LogP contribution in [0.2, 0.25) is 10.0 Å². The van der Waals surface area contributed by atoms with E-state index < -0.39 is 0 Å². The van der Waals surface area contributed by atoms with Crippen LogP contribution in [-0.2, 0) is 6.42 Å². The van der Waals surface area contributed by atoms with E-state index >= 15 is 0 Å². The van der Waals surface area contributed by atoms with Gasteiger partial charge in [-0.15, -0.1) is 0 Å². The van der Waals surface area contributed by atoms with E-state index in [4.69, 9.17) is 28.3 Å². The second-order valence-electron chi connectivity index (χ2n) is 9.16. The number of nitrogens with zero attached hydrogens (tertiary/aromatic N) is 3. The molecule has 1 saturated carbocycles. The lowest BCUT2D eigenvalue weighted by molar-refractivity contribution is 0.0921. The fraction of sp³-hybridized carbons (Fsp3) is 0.276. The van der Waals surface area contributed by atoms with Crippen LogP contribution in [0.3, 0.4) is 0 Å². The summed E-state index contributed by atoms with van der Waals surface area (Å²) in [4.78, 5) is 17.6. The number of halogens is 2. The molecule has 2 heterocycles. The molecule has 2 aromatic heterocycles. The second-order valence-corrected chi connectivity index (χ2v) is 10.0. The predicted octanol–water partition coefficient (Wildman–Crippen LogP) is 7.53. The van der Waals surface area contributed by atoms with Crippen molar-refractivity contribution in [3.8, 4) is 28.1 Å². The van der Waals surface area contributed by atoms with E-state index in [0.29, 0.717) is 27.8 Å². The van der Waals surface area contributed by atoms with Gasteiger partial charge in [-0.3, -0.25) is 9.78 Å². The molecule has 184 valence electrons. The minimum absolute atomic E-state index is 0.128. The Morgan fingerprint density at radius 3 is 2.28 bits per heavy atom. The van der Waals surface area contributed by atoms with Gasteiger partial charge in [0.15, 0.2) is 5.69 Å². The number of pyridine rings is 1. The number of benzene rings is 2. The first kappa shape index (κ1) is 24.5. The van der Waals surface area contributed by atoms with E-state index in [1.54, 1.807) is 29.2 Å². The molecule has 1 aliphatic carbocycles. The van der Waals surface area contributed by atoms with E-state index in [9.17, 15) is 4.79 Å². The van der Waals surface area contributed by atoms with E-state index in [1.165, 1.54) is 6.42 Å². The molecule has 5 nitrogen and oxygen atoms in total. The molecule has 1 aliphatic rings. The summed E-state index contributed by atoms with van der Waals surface area (Å²) in [6.45, 7) is 2.05. The van der Waals surface area contributed by atoms with Crippen molar-refractivity contribution in [2.24, 2.45) is 0 Å². The molecule has 0 atom stereocenters. The van der Waals surface area contributed by atoms with Gasteiger partial charge in [0.1, 0.15) is 0 Å². The smallest absolute Gasteiger partial charge is 0.272 e. The van der Waals surface area contributed by atoms with Crippen molar-refractivity contribution in [3.05, 3.63) is 88.3 Å². The monoisotopic (exact) mass is 518 g/mol. The summed E-state index contributed by atoms with van der Waals surface area (Å²) in [5.74, 6) is -0.128. The number of carbonyl (C=O) groups excluding carboxylic acids is 1. The van der Waals surface area contributed by atoms with Gasteiger partial charge in [0.05, 0.1) is 16.4 Å². The van der Waals surface area contributed by atoms with Gasteiger partial charge < -0.3 is 5.32 Å². The average Bonchev–Trinajstić information content (AvgIpc) is 3.29. The maximum Gasteiger partial charge on any atom is 0.272 e. The number of amides is 1. The van der Waals surface area contributed by atoms with Crippen LogP contribution >= 0.6 is 23.2 Å². The van der Waals surface area contributed by atoms with Crippen LogP contribution in [0, 0.1) is 0 Å². The van der Waals surface area contributed by atoms with Crippen LogP contribution in [-0.4, -0.2) is 26.7 Å². The van der Waals surface area contributed by atoms with Gasteiger partial charge in [0.25, 0.3) is 5.91 Å². The molecule has 4 aromatic rings.